The van der Waals surface area contributed by atoms with Crippen LogP contribution in [-0.4, -0.2) is 10.9 Å². The van der Waals surface area contributed by atoms with Crippen molar-refractivity contribution in [3.63, 3.8) is 0 Å². The van der Waals surface area contributed by atoms with E-state index in [0.29, 0.717) is 0 Å². The lowest BCUT2D eigenvalue weighted by atomic mass is 10.1. The predicted octanol–water partition coefficient (Wildman–Crippen LogP) is 1.64. The zero-order chi connectivity index (χ0) is 6.20. The van der Waals surface area contributed by atoms with Crippen molar-refractivity contribution in [3.8, 4) is 0 Å². The van der Waals surface area contributed by atoms with Crippen LogP contribution in [0.15, 0.2) is 5.16 Å². The topological polar surface area (TPSA) is 32.6 Å². The molecular formula is C6H11NO. The molecule has 0 radical (unpaired) electrons. The van der Waals surface area contributed by atoms with Crippen molar-refractivity contribution in [2.75, 3.05) is 0 Å². The van der Waals surface area contributed by atoms with Crippen LogP contribution in [0.2, 0.25) is 0 Å². The molecule has 0 heterocycles. The molecule has 1 aliphatic rings. The Labute approximate surface area is 49.2 Å². The molecular weight excluding hydrogens is 102 g/mol. The SMILES string of the molecule is C/C(=N/O)C1(C)CC1. The normalized spacial score (nSPS) is 25.5. The highest BCUT2D eigenvalue weighted by atomic mass is 16.4. The molecule has 1 saturated carbocycles. The summed E-state index contributed by atoms with van der Waals surface area (Å²) in [6.45, 7) is 3.98. The smallest absolute Gasteiger partial charge is 0.0598 e. The maximum atomic E-state index is 8.30. The first kappa shape index (κ1) is 5.60. The van der Waals surface area contributed by atoms with Gasteiger partial charge in [0.2, 0.25) is 0 Å². The minimum Gasteiger partial charge on any atom is -0.411 e. The maximum Gasteiger partial charge on any atom is 0.0598 e. The maximum absolute atomic E-state index is 8.30. The molecule has 46 valence electrons. The van der Waals surface area contributed by atoms with Gasteiger partial charge >= 0.3 is 0 Å². The van der Waals surface area contributed by atoms with Gasteiger partial charge in [-0.1, -0.05) is 12.1 Å². The summed E-state index contributed by atoms with van der Waals surface area (Å²) in [5.74, 6) is 0. The first-order chi connectivity index (χ1) is 3.69. The van der Waals surface area contributed by atoms with E-state index in [-0.39, 0.29) is 5.41 Å². The fourth-order valence-corrected chi connectivity index (χ4v) is 0.670. The third-order valence-electron chi connectivity index (χ3n) is 2.02. The van der Waals surface area contributed by atoms with Gasteiger partial charge in [0.1, 0.15) is 0 Å². The molecule has 0 aromatic carbocycles. The van der Waals surface area contributed by atoms with Gasteiger partial charge in [0.05, 0.1) is 5.71 Å². The molecule has 1 fully saturated rings. The molecule has 2 nitrogen and oxygen atoms in total. The average Bonchev–Trinajstić information content (AvgIpc) is 2.47. The Kier molecular flexibility index (Phi) is 1.03. The Morgan fingerprint density at radius 3 is 2.25 bits per heavy atom. The number of nitrogens with zero attached hydrogens (tertiary/aromatic N) is 1. The number of rotatable bonds is 1. The molecule has 0 aromatic heterocycles. The lowest BCUT2D eigenvalue weighted by Crippen LogP contribution is -2.05. The first-order valence-electron chi connectivity index (χ1n) is 2.88. The second-order valence-corrected chi connectivity index (χ2v) is 2.75. The minimum absolute atomic E-state index is 0.259. The van der Waals surface area contributed by atoms with Gasteiger partial charge in [-0.05, 0) is 19.8 Å². The van der Waals surface area contributed by atoms with Crippen LogP contribution in [0.1, 0.15) is 26.7 Å². The molecule has 1 N–H and O–H groups in total. The van der Waals surface area contributed by atoms with Crippen LogP contribution in [0.25, 0.3) is 0 Å². The van der Waals surface area contributed by atoms with Crippen molar-refractivity contribution in [2.24, 2.45) is 10.6 Å². The highest BCUT2D eigenvalue weighted by molar-refractivity contribution is 5.89. The van der Waals surface area contributed by atoms with Crippen molar-refractivity contribution < 1.29 is 5.21 Å². The Bertz CT molecular complexity index is 124. The molecule has 8 heavy (non-hydrogen) atoms. The zero-order valence-corrected chi connectivity index (χ0v) is 5.31. The summed E-state index contributed by atoms with van der Waals surface area (Å²) in [5.41, 5.74) is 1.13. The van der Waals surface area contributed by atoms with Crippen LogP contribution in [0, 0.1) is 5.41 Å². The molecule has 2 heteroatoms. The van der Waals surface area contributed by atoms with E-state index >= 15 is 0 Å². The third-order valence-corrected chi connectivity index (χ3v) is 2.02. The van der Waals surface area contributed by atoms with Crippen LogP contribution < -0.4 is 0 Å². The lowest BCUT2D eigenvalue weighted by Gasteiger charge is -2.01. The third kappa shape index (κ3) is 0.703. The standard InChI is InChI=1S/C6H11NO/c1-5(7-8)6(2)3-4-6/h8H,3-4H2,1-2H3/b7-5-. The van der Waals surface area contributed by atoms with Gasteiger partial charge in [-0.15, -0.1) is 0 Å². The van der Waals surface area contributed by atoms with E-state index in [2.05, 4.69) is 12.1 Å². The average molecular weight is 113 g/mol. The summed E-state index contributed by atoms with van der Waals surface area (Å²) >= 11 is 0. The summed E-state index contributed by atoms with van der Waals surface area (Å²) in [4.78, 5) is 0. The van der Waals surface area contributed by atoms with Crippen LogP contribution in [0.4, 0.5) is 0 Å². The van der Waals surface area contributed by atoms with E-state index in [4.69, 9.17) is 5.21 Å². The molecule has 0 aliphatic heterocycles. The van der Waals surface area contributed by atoms with Gasteiger partial charge in [0, 0.05) is 5.41 Å². The van der Waals surface area contributed by atoms with Crippen LogP contribution >= 0.6 is 0 Å². The van der Waals surface area contributed by atoms with E-state index in [1.54, 1.807) is 0 Å². The largest absolute Gasteiger partial charge is 0.411 e. The van der Waals surface area contributed by atoms with E-state index in [1.807, 2.05) is 6.92 Å². The molecule has 0 saturated heterocycles. The van der Waals surface area contributed by atoms with Crippen molar-refractivity contribution in [3.05, 3.63) is 0 Å². The van der Waals surface area contributed by atoms with E-state index < -0.39 is 0 Å². The second kappa shape index (κ2) is 1.47. The molecule has 0 spiro atoms. The summed E-state index contributed by atoms with van der Waals surface area (Å²) in [5, 5.41) is 11.4. The highest BCUT2D eigenvalue weighted by Gasteiger charge is 2.40. The van der Waals surface area contributed by atoms with Crippen LogP contribution in [0.3, 0.4) is 0 Å². The summed E-state index contributed by atoms with van der Waals surface area (Å²) < 4.78 is 0. The quantitative estimate of drug-likeness (QED) is 0.313. The van der Waals surface area contributed by atoms with E-state index in [1.165, 1.54) is 12.8 Å². The molecule has 0 amide bonds. The minimum atomic E-state index is 0.259. The van der Waals surface area contributed by atoms with Gasteiger partial charge in [0.15, 0.2) is 0 Å². The number of hydrogen-bond donors (Lipinski definition) is 1. The molecule has 0 unspecified atom stereocenters. The fraction of sp³-hybridized carbons (Fsp3) is 0.833. The summed E-state index contributed by atoms with van der Waals surface area (Å²) in [6, 6.07) is 0. The van der Waals surface area contributed by atoms with Gasteiger partial charge < -0.3 is 5.21 Å². The molecule has 0 bridgehead atoms. The first-order valence-corrected chi connectivity index (χ1v) is 2.88. The van der Waals surface area contributed by atoms with Gasteiger partial charge in [-0.3, -0.25) is 0 Å². The summed E-state index contributed by atoms with van der Waals surface area (Å²) in [7, 11) is 0. The van der Waals surface area contributed by atoms with Crippen LogP contribution in [-0.2, 0) is 0 Å². The number of hydrogen-bond acceptors (Lipinski definition) is 2. The Hall–Kier alpha value is -0.530. The fourth-order valence-electron chi connectivity index (χ4n) is 0.670. The Morgan fingerprint density at radius 1 is 1.62 bits per heavy atom. The van der Waals surface area contributed by atoms with Crippen molar-refractivity contribution in [2.45, 2.75) is 26.7 Å². The van der Waals surface area contributed by atoms with E-state index in [9.17, 15) is 0 Å². The Morgan fingerprint density at radius 2 is 2.12 bits per heavy atom. The molecule has 0 aromatic rings. The molecule has 1 aliphatic carbocycles. The van der Waals surface area contributed by atoms with Gasteiger partial charge in [-0.25, -0.2) is 0 Å². The highest BCUT2D eigenvalue weighted by Crippen LogP contribution is 2.46. The van der Waals surface area contributed by atoms with E-state index in [0.717, 1.165) is 5.71 Å². The number of oxime groups is 1. The molecule has 0 atom stereocenters. The van der Waals surface area contributed by atoms with Crippen molar-refractivity contribution >= 4 is 5.71 Å². The molecule has 1 rings (SSSR count). The zero-order valence-electron chi connectivity index (χ0n) is 5.31. The second-order valence-electron chi connectivity index (χ2n) is 2.75. The summed E-state index contributed by atoms with van der Waals surface area (Å²) in [6.07, 6.45) is 2.37. The van der Waals surface area contributed by atoms with Gasteiger partial charge in [0.25, 0.3) is 0 Å². The predicted molar refractivity (Wildman–Crippen MR) is 32.2 cm³/mol. The van der Waals surface area contributed by atoms with Crippen molar-refractivity contribution in [1.29, 1.82) is 0 Å². The van der Waals surface area contributed by atoms with Crippen molar-refractivity contribution in [1.82, 2.24) is 0 Å². The monoisotopic (exact) mass is 113 g/mol. The van der Waals surface area contributed by atoms with Gasteiger partial charge in [-0.2, -0.15) is 0 Å². The lowest BCUT2D eigenvalue weighted by molar-refractivity contribution is 0.314. The van der Waals surface area contributed by atoms with Crippen LogP contribution in [0.5, 0.6) is 0 Å². The Balaban J connectivity index is 2.59.